The first-order chi connectivity index (χ1) is 17.2. The Hall–Kier alpha value is -4.31. The summed E-state index contributed by atoms with van der Waals surface area (Å²) in [6.07, 6.45) is 0.414. The van der Waals surface area contributed by atoms with Crippen LogP contribution in [0.2, 0.25) is 0 Å². The zero-order valence-corrected chi connectivity index (χ0v) is 19.2. The van der Waals surface area contributed by atoms with E-state index in [9.17, 15) is 9.59 Å². The van der Waals surface area contributed by atoms with Crippen LogP contribution in [0.5, 0.6) is 0 Å². The van der Waals surface area contributed by atoms with Gasteiger partial charge in [0.05, 0.1) is 18.2 Å². The van der Waals surface area contributed by atoms with Gasteiger partial charge in [0.1, 0.15) is 0 Å². The molecule has 0 bridgehead atoms. The molecule has 4 aromatic carbocycles. The summed E-state index contributed by atoms with van der Waals surface area (Å²) in [7, 11) is 0. The topological polar surface area (TPSA) is 49.7 Å². The largest absolute Gasteiger partial charge is 0.305 e. The minimum Gasteiger partial charge on any atom is -0.305 e. The fraction of sp³-hybridized carbons (Fsp3) is 0.129. The van der Waals surface area contributed by atoms with E-state index in [1.54, 1.807) is 4.90 Å². The summed E-state index contributed by atoms with van der Waals surface area (Å²) in [6, 6.07) is 36.9. The normalized spacial score (nSPS) is 20.7. The second kappa shape index (κ2) is 8.48. The van der Waals surface area contributed by atoms with Gasteiger partial charge in [0.15, 0.2) is 11.3 Å². The quantitative estimate of drug-likeness (QED) is 0.355. The number of fused-ring (bicyclic) bond motifs is 2. The lowest BCUT2D eigenvalue weighted by Gasteiger charge is -2.27. The van der Waals surface area contributed by atoms with Crippen molar-refractivity contribution in [2.24, 2.45) is 10.9 Å². The Labute approximate surface area is 204 Å². The second-order valence-corrected chi connectivity index (χ2v) is 9.07. The van der Waals surface area contributed by atoms with Crippen molar-refractivity contribution in [3.8, 4) is 0 Å². The molecular weight excluding hydrogens is 432 g/mol. The minimum absolute atomic E-state index is 0.0509. The number of aliphatic imine (C=N–C) groups is 1. The molecule has 170 valence electrons. The van der Waals surface area contributed by atoms with E-state index in [1.807, 2.05) is 115 Å². The van der Waals surface area contributed by atoms with Gasteiger partial charge in [-0.2, -0.15) is 0 Å². The maximum atomic E-state index is 14.4. The Kier molecular flexibility index (Phi) is 5.14. The van der Waals surface area contributed by atoms with Gasteiger partial charge in [0, 0.05) is 23.3 Å². The van der Waals surface area contributed by atoms with E-state index < -0.39 is 11.5 Å². The van der Waals surface area contributed by atoms with E-state index in [0.717, 1.165) is 28.1 Å². The van der Waals surface area contributed by atoms with Crippen molar-refractivity contribution in [3.05, 3.63) is 138 Å². The molecule has 0 saturated carbocycles. The highest BCUT2D eigenvalue weighted by Gasteiger charge is 2.61. The average molecular weight is 457 g/mol. The molecule has 0 saturated heterocycles. The van der Waals surface area contributed by atoms with E-state index in [4.69, 9.17) is 4.99 Å². The summed E-state index contributed by atoms with van der Waals surface area (Å²) in [5, 5.41) is 0. The van der Waals surface area contributed by atoms with Crippen LogP contribution in [0.1, 0.15) is 33.5 Å². The third-order valence-corrected chi connectivity index (χ3v) is 7.06. The van der Waals surface area contributed by atoms with Crippen LogP contribution in [0.15, 0.2) is 120 Å². The summed E-state index contributed by atoms with van der Waals surface area (Å²) >= 11 is 0. The van der Waals surface area contributed by atoms with Crippen LogP contribution in [-0.4, -0.2) is 17.4 Å². The number of amides is 1. The summed E-state index contributed by atoms with van der Waals surface area (Å²) in [5.74, 6) is -0.803. The zero-order chi connectivity index (χ0) is 23.8. The van der Waals surface area contributed by atoms with Crippen molar-refractivity contribution in [1.82, 2.24) is 0 Å². The zero-order valence-electron chi connectivity index (χ0n) is 19.2. The van der Waals surface area contributed by atoms with Crippen molar-refractivity contribution in [2.45, 2.75) is 18.5 Å². The number of ketones is 1. The SMILES string of the molecule is O=C(c1ccccc1)[C@H]1CC(c2ccccc2)=N[C@]12C(=O)N(Cc1ccccc1)c1ccccc12. The number of nitrogens with zero attached hydrogens (tertiary/aromatic N) is 2. The fourth-order valence-electron chi connectivity index (χ4n) is 5.41. The summed E-state index contributed by atoms with van der Waals surface area (Å²) in [4.78, 5) is 35.3. The van der Waals surface area contributed by atoms with Crippen LogP contribution >= 0.6 is 0 Å². The lowest BCUT2D eigenvalue weighted by molar-refractivity contribution is -0.124. The Morgan fingerprint density at radius 3 is 2.11 bits per heavy atom. The fourth-order valence-corrected chi connectivity index (χ4v) is 5.41. The molecule has 1 spiro atoms. The number of hydrogen-bond acceptors (Lipinski definition) is 3. The number of Topliss-reactive ketones (excluding diaryl/α,β-unsaturated/α-hetero) is 1. The molecule has 1 amide bonds. The number of hydrogen-bond donors (Lipinski definition) is 0. The number of carbonyl (C=O) groups excluding carboxylic acids is 2. The van der Waals surface area contributed by atoms with Gasteiger partial charge in [-0.3, -0.25) is 14.6 Å². The number of carbonyl (C=O) groups is 2. The van der Waals surface area contributed by atoms with Crippen LogP contribution in [-0.2, 0) is 16.9 Å². The first-order valence-corrected chi connectivity index (χ1v) is 11.9. The van der Waals surface area contributed by atoms with Gasteiger partial charge in [-0.15, -0.1) is 0 Å². The molecule has 0 aromatic heterocycles. The van der Waals surface area contributed by atoms with Gasteiger partial charge < -0.3 is 4.90 Å². The van der Waals surface area contributed by atoms with E-state index in [1.165, 1.54) is 0 Å². The van der Waals surface area contributed by atoms with Gasteiger partial charge >= 0.3 is 0 Å². The predicted octanol–water partition coefficient (Wildman–Crippen LogP) is 5.82. The standard InChI is InChI=1S/C31H24N2O2/c34-29(24-16-8-3-9-17-24)26-20-27(23-14-6-2-7-15-23)32-31(26)25-18-10-11-19-28(25)33(30(31)35)21-22-12-4-1-5-13-22/h1-19,26H,20-21H2/t26-,31+/m1/s1. The summed E-state index contributed by atoms with van der Waals surface area (Å²) in [6.45, 7) is 0.431. The van der Waals surface area contributed by atoms with Crippen molar-refractivity contribution in [3.63, 3.8) is 0 Å². The van der Waals surface area contributed by atoms with Crippen molar-refractivity contribution >= 4 is 23.1 Å². The van der Waals surface area contributed by atoms with Gasteiger partial charge in [0.2, 0.25) is 0 Å². The van der Waals surface area contributed by atoms with Gasteiger partial charge in [-0.05, 0) is 17.2 Å². The van der Waals surface area contributed by atoms with Crippen molar-refractivity contribution in [1.29, 1.82) is 0 Å². The number of anilines is 1. The van der Waals surface area contributed by atoms with Crippen molar-refractivity contribution < 1.29 is 9.59 Å². The van der Waals surface area contributed by atoms with Gasteiger partial charge in [0.25, 0.3) is 5.91 Å². The van der Waals surface area contributed by atoms with Crippen LogP contribution in [0.3, 0.4) is 0 Å². The lowest BCUT2D eigenvalue weighted by Crippen LogP contribution is -2.45. The molecule has 0 N–H and O–H groups in total. The predicted molar refractivity (Wildman–Crippen MR) is 138 cm³/mol. The smallest absolute Gasteiger partial charge is 0.260 e. The molecule has 4 heteroatoms. The van der Waals surface area contributed by atoms with Gasteiger partial charge in [-0.1, -0.05) is 109 Å². The van der Waals surface area contributed by atoms with E-state index in [0.29, 0.717) is 18.5 Å². The molecule has 35 heavy (non-hydrogen) atoms. The molecule has 6 rings (SSSR count). The van der Waals surface area contributed by atoms with Crippen LogP contribution in [0, 0.1) is 5.92 Å². The average Bonchev–Trinajstić information content (AvgIpc) is 3.43. The highest BCUT2D eigenvalue weighted by atomic mass is 16.2. The maximum absolute atomic E-state index is 14.4. The molecule has 4 nitrogen and oxygen atoms in total. The molecule has 0 unspecified atom stereocenters. The number of benzene rings is 4. The van der Waals surface area contributed by atoms with Crippen molar-refractivity contribution in [2.75, 3.05) is 4.90 Å². The van der Waals surface area contributed by atoms with Crippen LogP contribution in [0.25, 0.3) is 0 Å². The Bertz CT molecular complexity index is 1430. The van der Waals surface area contributed by atoms with Crippen LogP contribution in [0.4, 0.5) is 5.69 Å². The van der Waals surface area contributed by atoms with Crippen LogP contribution < -0.4 is 4.90 Å². The first kappa shape index (κ1) is 21.2. The molecule has 2 aliphatic heterocycles. The third kappa shape index (κ3) is 3.41. The van der Waals surface area contributed by atoms with Gasteiger partial charge in [-0.25, -0.2) is 0 Å². The highest BCUT2D eigenvalue weighted by Crippen LogP contribution is 2.53. The maximum Gasteiger partial charge on any atom is 0.260 e. The lowest BCUT2D eigenvalue weighted by atomic mass is 9.75. The molecule has 4 aromatic rings. The third-order valence-electron chi connectivity index (χ3n) is 7.06. The monoisotopic (exact) mass is 456 g/mol. The Morgan fingerprint density at radius 2 is 1.40 bits per heavy atom. The summed E-state index contributed by atoms with van der Waals surface area (Å²) < 4.78 is 0. The molecule has 2 atom stereocenters. The molecular formula is C31H24N2O2. The Balaban J connectivity index is 1.52. The van der Waals surface area contributed by atoms with E-state index in [-0.39, 0.29) is 11.7 Å². The summed E-state index contributed by atoms with van der Waals surface area (Å²) in [5.41, 5.74) is 3.74. The highest BCUT2D eigenvalue weighted by molar-refractivity contribution is 6.18. The van der Waals surface area contributed by atoms with E-state index in [2.05, 4.69) is 0 Å². The molecule has 2 heterocycles. The second-order valence-electron chi connectivity index (χ2n) is 9.07. The van der Waals surface area contributed by atoms with E-state index >= 15 is 0 Å². The molecule has 2 aliphatic rings. The first-order valence-electron chi connectivity index (χ1n) is 11.9. The number of rotatable bonds is 5. The Morgan fingerprint density at radius 1 is 0.800 bits per heavy atom. The molecule has 0 aliphatic carbocycles. The molecule has 0 fully saturated rings. The molecule has 0 radical (unpaired) electrons. The minimum atomic E-state index is -1.27. The number of para-hydroxylation sites is 1.